The molecule has 2 heterocycles. The van der Waals surface area contributed by atoms with Crippen molar-refractivity contribution >= 4 is 17.3 Å². The highest BCUT2D eigenvalue weighted by Gasteiger charge is 2.20. The zero-order chi connectivity index (χ0) is 15.7. The monoisotopic (exact) mass is 290 g/mol. The molecule has 7 heteroatoms. The number of hydrogen-bond donors (Lipinski definition) is 3. The van der Waals surface area contributed by atoms with Crippen LogP contribution in [-0.2, 0) is 6.42 Å². The van der Waals surface area contributed by atoms with Crippen LogP contribution in [0.3, 0.4) is 0 Å². The van der Waals surface area contributed by atoms with E-state index in [9.17, 15) is 4.79 Å². The van der Waals surface area contributed by atoms with E-state index in [2.05, 4.69) is 20.6 Å². The van der Waals surface area contributed by atoms with Gasteiger partial charge in [-0.1, -0.05) is 6.92 Å². The van der Waals surface area contributed by atoms with Gasteiger partial charge in [-0.25, -0.2) is 0 Å². The number of aryl methyl sites for hydroxylation is 2. The molecule has 0 fully saturated rings. The topological polar surface area (TPSA) is 102 Å². The Kier molecular flexibility index (Phi) is 4.02. The number of nitrogen functional groups attached to an aromatic ring is 1. The highest BCUT2D eigenvalue weighted by Crippen LogP contribution is 2.24. The summed E-state index contributed by atoms with van der Waals surface area (Å²) in [6, 6.07) is 0.233. The van der Waals surface area contributed by atoms with Crippen LogP contribution in [0, 0.1) is 13.8 Å². The number of aromatic amines is 1. The number of carbonyl (C=O) groups excluding carboxylic acids is 1. The van der Waals surface area contributed by atoms with Crippen LogP contribution >= 0.6 is 0 Å². The van der Waals surface area contributed by atoms with Crippen molar-refractivity contribution in [3.05, 3.63) is 22.8 Å². The Labute approximate surface area is 123 Å². The Morgan fingerprint density at radius 2 is 2.10 bits per heavy atom. The molecule has 0 atom stereocenters. The zero-order valence-corrected chi connectivity index (χ0v) is 13.1. The molecule has 0 aliphatic heterocycles. The van der Waals surface area contributed by atoms with Gasteiger partial charge in [0, 0.05) is 6.04 Å². The summed E-state index contributed by atoms with van der Waals surface area (Å²) in [6.07, 6.45) is 0.704. The molecule has 2 aromatic heterocycles. The summed E-state index contributed by atoms with van der Waals surface area (Å²) < 4.78 is 1.89. The smallest absolute Gasteiger partial charge is 0.278 e. The normalized spacial score (nSPS) is 11.1. The number of H-pyrrole nitrogens is 1. The third-order valence-electron chi connectivity index (χ3n) is 3.50. The number of rotatable bonds is 4. The fourth-order valence-corrected chi connectivity index (χ4v) is 2.35. The molecular weight excluding hydrogens is 268 g/mol. The summed E-state index contributed by atoms with van der Waals surface area (Å²) in [7, 11) is 0. The molecule has 2 aromatic rings. The first-order chi connectivity index (χ1) is 9.86. The van der Waals surface area contributed by atoms with Gasteiger partial charge in [-0.2, -0.15) is 10.2 Å². The van der Waals surface area contributed by atoms with E-state index in [0.717, 1.165) is 17.1 Å². The second kappa shape index (κ2) is 5.59. The number of aromatic nitrogens is 4. The van der Waals surface area contributed by atoms with E-state index in [1.54, 1.807) is 0 Å². The van der Waals surface area contributed by atoms with E-state index in [1.165, 1.54) is 0 Å². The van der Waals surface area contributed by atoms with Crippen molar-refractivity contribution in [2.24, 2.45) is 0 Å². The SMILES string of the molecule is CCc1[nH]nc(C(=O)Nc2c(C)nn(C(C)C)c2C)c1N. The van der Waals surface area contributed by atoms with Crippen LogP contribution in [0.1, 0.15) is 54.4 Å². The highest BCUT2D eigenvalue weighted by molar-refractivity contribution is 6.07. The lowest BCUT2D eigenvalue weighted by atomic mass is 10.2. The van der Waals surface area contributed by atoms with Crippen molar-refractivity contribution in [1.82, 2.24) is 20.0 Å². The molecule has 114 valence electrons. The van der Waals surface area contributed by atoms with Crippen molar-refractivity contribution in [3.8, 4) is 0 Å². The molecule has 0 aliphatic rings. The number of carbonyl (C=O) groups is 1. The molecule has 0 saturated carbocycles. The third kappa shape index (κ3) is 2.63. The first kappa shape index (κ1) is 15.1. The van der Waals surface area contributed by atoms with Crippen molar-refractivity contribution in [2.75, 3.05) is 11.1 Å². The van der Waals surface area contributed by atoms with Crippen molar-refractivity contribution < 1.29 is 4.79 Å². The quantitative estimate of drug-likeness (QED) is 0.803. The summed E-state index contributed by atoms with van der Waals surface area (Å²) in [5.74, 6) is -0.321. The molecule has 1 amide bonds. The van der Waals surface area contributed by atoms with Crippen LogP contribution in [0.2, 0.25) is 0 Å². The van der Waals surface area contributed by atoms with E-state index < -0.39 is 0 Å². The fraction of sp³-hybridized carbons (Fsp3) is 0.500. The van der Waals surface area contributed by atoms with Gasteiger partial charge in [-0.15, -0.1) is 0 Å². The van der Waals surface area contributed by atoms with Gasteiger partial charge < -0.3 is 11.1 Å². The molecule has 0 aromatic carbocycles. The lowest BCUT2D eigenvalue weighted by molar-refractivity contribution is 0.102. The van der Waals surface area contributed by atoms with Crippen molar-refractivity contribution in [1.29, 1.82) is 0 Å². The van der Waals surface area contributed by atoms with Crippen LogP contribution in [0.25, 0.3) is 0 Å². The van der Waals surface area contributed by atoms with Crippen LogP contribution in [-0.4, -0.2) is 25.9 Å². The predicted molar refractivity (Wildman–Crippen MR) is 82.4 cm³/mol. The molecule has 0 spiro atoms. The van der Waals surface area contributed by atoms with E-state index in [1.807, 2.05) is 39.3 Å². The second-order valence-corrected chi connectivity index (χ2v) is 5.36. The Balaban J connectivity index is 2.30. The highest BCUT2D eigenvalue weighted by atomic mass is 16.2. The molecule has 0 unspecified atom stereocenters. The Morgan fingerprint density at radius 1 is 1.43 bits per heavy atom. The standard InChI is InChI=1S/C14H22N6O/c1-6-10-11(15)13(18-17-10)14(21)16-12-8(4)19-20(7(2)3)9(12)5/h7H,6,15H2,1-5H3,(H,16,21)(H,17,18). The number of anilines is 2. The summed E-state index contributed by atoms with van der Waals surface area (Å²) in [5.41, 5.74) is 9.73. The summed E-state index contributed by atoms with van der Waals surface area (Å²) in [5, 5.41) is 14.1. The molecule has 2 rings (SSSR count). The molecule has 0 aliphatic carbocycles. The Bertz CT molecular complexity index is 667. The van der Waals surface area contributed by atoms with Crippen LogP contribution in [0.15, 0.2) is 0 Å². The summed E-state index contributed by atoms with van der Waals surface area (Å²) >= 11 is 0. The lowest BCUT2D eigenvalue weighted by Crippen LogP contribution is -2.15. The minimum Gasteiger partial charge on any atom is -0.395 e. The fourth-order valence-electron chi connectivity index (χ4n) is 2.35. The first-order valence-corrected chi connectivity index (χ1v) is 7.06. The Morgan fingerprint density at radius 3 is 2.57 bits per heavy atom. The first-order valence-electron chi connectivity index (χ1n) is 7.06. The summed E-state index contributed by atoms with van der Waals surface area (Å²) in [6.45, 7) is 9.84. The lowest BCUT2D eigenvalue weighted by Gasteiger charge is -2.09. The molecule has 0 bridgehead atoms. The van der Waals surface area contributed by atoms with Crippen LogP contribution in [0.4, 0.5) is 11.4 Å². The summed E-state index contributed by atoms with van der Waals surface area (Å²) in [4.78, 5) is 12.3. The van der Waals surface area contributed by atoms with E-state index in [4.69, 9.17) is 5.73 Å². The number of nitrogens with two attached hydrogens (primary N) is 1. The van der Waals surface area contributed by atoms with Gasteiger partial charge in [0.15, 0.2) is 5.69 Å². The second-order valence-electron chi connectivity index (χ2n) is 5.36. The van der Waals surface area contributed by atoms with Crippen molar-refractivity contribution in [2.45, 2.75) is 47.1 Å². The maximum Gasteiger partial charge on any atom is 0.278 e. The Hall–Kier alpha value is -2.31. The third-order valence-corrected chi connectivity index (χ3v) is 3.50. The molecular formula is C14H22N6O. The minimum atomic E-state index is -0.321. The molecule has 0 radical (unpaired) electrons. The molecule has 21 heavy (non-hydrogen) atoms. The van der Waals surface area contributed by atoms with Gasteiger partial charge >= 0.3 is 0 Å². The van der Waals surface area contributed by atoms with E-state index >= 15 is 0 Å². The minimum absolute atomic E-state index is 0.225. The van der Waals surface area contributed by atoms with E-state index in [0.29, 0.717) is 17.8 Å². The molecule has 7 nitrogen and oxygen atoms in total. The van der Waals surface area contributed by atoms with Gasteiger partial charge in [0.05, 0.1) is 28.5 Å². The largest absolute Gasteiger partial charge is 0.395 e. The average Bonchev–Trinajstić information content (AvgIpc) is 2.93. The van der Waals surface area contributed by atoms with Gasteiger partial charge in [0.25, 0.3) is 5.91 Å². The van der Waals surface area contributed by atoms with E-state index in [-0.39, 0.29) is 17.6 Å². The van der Waals surface area contributed by atoms with Crippen LogP contribution in [0.5, 0.6) is 0 Å². The number of amides is 1. The molecule has 0 saturated heterocycles. The zero-order valence-electron chi connectivity index (χ0n) is 13.1. The predicted octanol–water partition coefficient (Wildman–Crippen LogP) is 2.20. The number of nitrogens with one attached hydrogen (secondary N) is 2. The maximum absolute atomic E-state index is 12.3. The van der Waals surface area contributed by atoms with Crippen molar-refractivity contribution in [3.63, 3.8) is 0 Å². The average molecular weight is 290 g/mol. The van der Waals surface area contributed by atoms with Gasteiger partial charge in [-0.05, 0) is 34.1 Å². The van der Waals surface area contributed by atoms with Gasteiger partial charge in [-0.3, -0.25) is 14.6 Å². The maximum atomic E-state index is 12.3. The number of hydrogen-bond acceptors (Lipinski definition) is 4. The van der Waals surface area contributed by atoms with Crippen LogP contribution < -0.4 is 11.1 Å². The van der Waals surface area contributed by atoms with Gasteiger partial charge in [0.1, 0.15) is 0 Å². The van der Waals surface area contributed by atoms with Gasteiger partial charge in [0.2, 0.25) is 0 Å². The molecule has 4 N–H and O–H groups in total. The number of nitrogens with zero attached hydrogens (tertiary/aromatic N) is 3.